The number of benzene rings is 2. The van der Waals surface area contributed by atoms with Crippen molar-refractivity contribution in [1.82, 2.24) is 4.31 Å². The van der Waals surface area contributed by atoms with Gasteiger partial charge in [-0.15, -0.1) is 0 Å². The normalized spacial score (nSPS) is 11.3. The van der Waals surface area contributed by atoms with Crippen molar-refractivity contribution in [2.45, 2.75) is 11.8 Å². The van der Waals surface area contributed by atoms with Crippen LogP contribution in [-0.4, -0.2) is 46.4 Å². The number of hydrogen-bond acceptors (Lipinski definition) is 5. The quantitative estimate of drug-likeness (QED) is 0.773. The fraction of sp³-hybridized carbons (Fsp3) is 0.278. The number of rotatable bonds is 7. The first kappa shape index (κ1) is 19.7. The zero-order chi connectivity index (χ0) is 19.3. The smallest absolute Gasteiger partial charge is 0.243 e. The van der Waals surface area contributed by atoms with Crippen LogP contribution >= 0.6 is 0 Å². The Hall–Kier alpha value is -2.58. The highest BCUT2D eigenvalue weighted by molar-refractivity contribution is 7.89. The molecule has 140 valence electrons. The van der Waals surface area contributed by atoms with E-state index in [0.29, 0.717) is 17.1 Å². The molecule has 26 heavy (non-hydrogen) atoms. The molecule has 0 heterocycles. The topological polar surface area (TPSA) is 87.7 Å². The second kappa shape index (κ2) is 8.20. The van der Waals surface area contributed by atoms with E-state index in [1.165, 1.54) is 33.3 Å². The summed E-state index contributed by atoms with van der Waals surface area (Å²) in [6.07, 6.45) is 0. The second-order valence-electron chi connectivity index (χ2n) is 5.92. The number of nitrogens with zero attached hydrogens (tertiary/aromatic N) is 1. The molecule has 8 heteroatoms. The molecule has 2 N–H and O–H groups in total. The summed E-state index contributed by atoms with van der Waals surface area (Å²) in [5.74, 6) is 0.304. The van der Waals surface area contributed by atoms with Crippen molar-refractivity contribution in [3.05, 3.63) is 48.0 Å². The van der Waals surface area contributed by atoms with E-state index in [1.807, 2.05) is 19.1 Å². The minimum atomic E-state index is -3.52. The SMILES string of the molecule is COc1ccc(C)cc1NC(=O)CNc1cccc(S(=O)(=O)N(C)C)c1. The van der Waals surface area contributed by atoms with E-state index < -0.39 is 10.0 Å². The van der Waals surface area contributed by atoms with Crippen LogP contribution in [0.5, 0.6) is 5.75 Å². The van der Waals surface area contributed by atoms with Crippen LogP contribution in [-0.2, 0) is 14.8 Å². The highest BCUT2D eigenvalue weighted by atomic mass is 32.2. The van der Waals surface area contributed by atoms with Gasteiger partial charge in [0.2, 0.25) is 15.9 Å². The van der Waals surface area contributed by atoms with Gasteiger partial charge in [0.15, 0.2) is 0 Å². The third-order valence-corrected chi connectivity index (χ3v) is 5.51. The van der Waals surface area contributed by atoms with E-state index in [1.54, 1.807) is 18.2 Å². The molecule has 2 aromatic rings. The fourth-order valence-electron chi connectivity index (χ4n) is 2.27. The number of hydrogen-bond donors (Lipinski definition) is 2. The molecule has 0 bridgehead atoms. The standard InChI is InChI=1S/C18H23N3O4S/c1-13-8-9-17(25-4)16(10-13)20-18(22)12-19-14-6-5-7-15(11-14)26(23,24)21(2)3/h5-11,19H,12H2,1-4H3,(H,20,22). The Balaban J connectivity index is 2.06. The van der Waals surface area contributed by atoms with Gasteiger partial charge in [0, 0.05) is 19.8 Å². The molecule has 0 aromatic heterocycles. The lowest BCUT2D eigenvalue weighted by Gasteiger charge is -2.14. The second-order valence-corrected chi connectivity index (χ2v) is 8.07. The zero-order valence-electron chi connectivity index (χ0n) is 15.2. The Bertz CT molecular complexity index is 895. The molecule has 0 saturated heterocycles. The average Bonchev–Trinajstić information content (AvgIpc) is 2.60. The first-order chi connectivity index (χ1) is 12.2. The summed E-state index contributed by atoms with van der Waals surface area (Å²) in [6, 6.07) is 11.8. The number of sulfonamides is 1. The summed E-state index contributed by atoms with van der Waals surface area (Å²) < 4.78 is 30.7. The Morgan fingerprint density at radius 1 is 1.15 bits per heavy atom. The van der Waals surface area contributed by atoms with E-state index in [0.717, 1.165) is 9.87 Å². The summed E-state index contributed by atoms with van der Waals surface area (Å²) in [4.78, 5) is 12.4. The predicted octanol–water partition coefficient (Wildman–Crippen LogP) is 2.30. The van der Waals surface area contributed by atoms with Crippen LogP contribution in [0.1, 0.15) is 5.56 Å². The Morgan fingerprint density at radius 2 is 1.88 bits per heavy atom. The van der Waals surface area contributed by atoms with E-state index in [4.69, 9.17) is 4.74 Å². The van der Waals surface area contributed by atoms with Crippen molar-refractivity contribution < 1.29 is 17.9 Å². The molecule has 2 aromatic carbocycles. The minimum Gasteiger partial charge on any atom is -0.495 e. The lowest BCUT2D eigenvalue weighted by atomic mass is 10.2. The minimum absolute atomic E-state index is 0.0113. The molecule has 0 spiro atoms. The fourth-order valence-corrected chi connectivity index (χ4v) is 3.22. The van der Waals surface area contributed by atoms with Gasteiger partial charge in [-0.05, 0) is 42.8 Å². The van der Waals surface area contributed by atoms with Gasteiger partial charge < -0.3 is 15.4 Å². The van der Waals surface area contributed by atoms with Crippen molar-refractivity contribution in [1.29, 1.82) is 0 Å². The lowest BCUT2D eigenvalue weighted by molar-refractivity contribution is -0.114. The molecule has 0 fully saturated rings. The van der Waals surface area contributed by atoms with E-state index >= 15 is 0 Å². The average molecular weight is 377 g/mol. The van der Waals surface area contributed by atoms with Crippen LogP contribution in [0, 0.1) is 6.92 Å². The number of aryl methyl sites for hydroxylation is 1. The van der Waals surface area contributed by atoms with Crippen LogP contribution in [0.2, 0.25) is 0 Å². The molecular weight excluding hydrogens is 354 g/mol. The number of carbonyl (C=O) groups is 1. The molecule has 0 saturated carbocycles. The van der Waals surface area contributed by atoms with E-state index in [2.05, 4.69) is 10.6 Å². The molecule has 2 rings (SSSR count). The summed E-state index contributed by atoms with van der Waals surface area (Å²) in [6.45, 7) is 1.91. The molecule has 0 unspecified atom stereocenters. The highest BCUT2D eigenvalue weighted by Gasteiger charge is 2.17. The summed E-state index contributed by atoms with van der Waals surface area (Å²) in [5.41, 5.74) is 2.12. The first-order valence-electron chi connectivity index (χ1n) is 7.95. The Kier molecular flexibility index (Phi) is 6.23. The molecule has 0 aliphatic heterocycles. The number of carbonyl (C=O) groups excluding carboxylic acids is 1. The van der Waals surface area contributed by atoms with Gasteiger partial charge in [-0.3, -0.25) is 4.79 Å². The molecular formula is C18H23N3O4S. The molecule has 1 amide bonds. The molecule has 0 aliphatic carbocycles. The first-order valence-corrected chi connectivity index (χ1v) is 9.39. The van der Waals surface area contributed by atoms with E-state index in [9.17, 15) is 13.2 Å². The van der Waals surface area contributed by atoms with Gasteiger partial charge in [-0.2, -0.15) is 0 Å². The van der Waals surface area contributed by atoms with Gasteiger partial charge in [0.25, 0.3) is 0 Å². The Labute approximate surface area is 154 Å². The third-order valence-electron chi connectivity index (χ3n) is 3.69. The maximum Gasteiger partial charge on any atom is 0.243 e. The van der Waals surface area contributed by atoms with Crippen LogP contribution in [0.25, 0.3) is 0 Å². The van der Waals surface area contributed by atoms with Crippen molar-refractivity contribution in [3.63, 3.8) is 0 Å². The summed E-state index contributed by atoms with van der Waals surface area (Å²) in [7, 11) is 0.954. The van der Waals surface area contributed by atoms with Crippen LogP contribution in [0.4, 0.5) is 11.4 Å². The number of amides is 1. The van der Waals surface area contributed by atoms with E-state index in [-0.39, 0.29) is 17.3 Å². The van der Waals surface area contributed by atoms with Gasteiger partial charge in [0.1, 0.15) is 5.75 Å². The molecule has 7 nitrogen and oxygen atoms in total. The van der Waals surface area contributed by atoms with Crippen molar-refractivity contribution in [3.8, 4) is 5.75 Å². The van der Waals surface area contributed by atoms with Crippen LogP contribution < -0.4 is 15.4 Å². The third kappa shape index (κ3) is 4.74. The summed E-state index contributed by atoms with van der Waals surface area (Å²) >= 11 is 0. The number of nitrogens with one attached hydrogen (secondary N) is 2. The van der Waals surface area contributed by atoms with Crippen LogP contribution in [0.15, 0.2) is 47.4 Å². The van der Waals surface area contributed by atoms with Crippen molar-refractivity contribution >= 4 is 27.3 Å². The van der Waals surface area contributed by atoms with Gasteiger partial charge >= 0.3 is 0 Å². The monoisotopic (exact) mass is 377 g/mol. The number of anilines is 2. The van der Waals surface area contributed by atoms with Gasteiger partial charge in [-0.25, -0.2) is 12.7 Å². The van der Waals surface area contributed by atoms with Gasteiger partial charge in [-0.1, -0.05) is 12.1 Å². The highest BCUT2D eigenvalue weighted by Crippen LogP contribution is 2.25. The van der Waals surface area contributed by atoms with Gasteiger partial charge in [0.05, 0.1) is 24.2 Å². The number of ether oxygens (including phenoxy) is 1. The molecule has 0 radical (unpaired) electrons. The van der Waals surface area contributed by atoms with Crippen LogP contribution in [0.3, 0.4) is 0 Å². The Morgan fingerprint density at radius 3 is 2.54 bits per heavy atom. The maximum absolute atomic E-state index is 12.2. The molecule has 0 atom stereocenters. The van der Waals surface area contributed by atoms with Crippen molar-refractivity contribution in [2.75, 3.05) is 38.4 Å². The lowest BCUT2D eigenvalue weighted by Crippen LogP contribution is -2.23. The number of methoxy groups -OCH3 is 1. The largest absolute Gasteiger partial charge is 0.495 e. The summed E-state index contributed by atoms with van der Waals surface area (Å²) in [5, 5.41) is 5.72. The van der Waals surface area contributed by atoms with Crippen molar-refractivity contribution in [2.24, 2.45) is 0 Å². The maximum atomic E-state index is 12.2. The zero-order valence-corrected chi connectivity index (χ0v) is 16.1. The predicted molar refractivity (Wildman–Crippen MR) is 102 cm³/mol. The molecule has 0 aliphatic rings.